The minimum Gasteiger partial charge on any atom is -0.368 e. The van der Waals surface area contributed by atoms with Crippen molar-refractivity contribution in [2.24, 2.45) is 0 Å². The van der Waals surface area contributed by atoms with Gasteiger partial charge in [-0.3, -0.25) is 9.59 Å². The number of anilines is 1. The van der Waals surface area contributed by atoms with Gasteiger partial charge in [0.15, 0.2) is 0 Å². The van der Waals surface area contributed by atoms with Crippen LogP contribution in [0.15, 0.2) is 18.2 Å². The lowest BCUT2D eigenvalue weighted by molar-refractivity contribution is -0.131. The molecule has 1 aromatic rings. The fourth-order valence-corrected chi connectivity index (χ4v) is 2.12. The number of carbonyl (C=O) groups excluding carboxylic acids is 2. The number of carbonyl (C=O) groups is 2. The second-order valence-electron chi connectivity index (χ2n) is 4.73. The summed E-state index contributed by atoms with van der Waals surface area (Å²) in [7, 11) is 0. The van der Waals surface area contributed by atoms with Crippen LogP contribution in [-0.4, -0.2) is 31.1 Å². The Morgan fingerprint density at radius 2 is 2.25 bits per heavy atom. The predicted molar refractivity (Wildman–Crippen MR) is 76.8 cm³/mol. The molecule has 1 aromatic carbocycles. The Hall–Kier alpha value is -1.59. The molecule has 20 heavy (non-hydrogen) atoms. The molecule has 0 bridgehead atoms. The van der Waals surface area contributed by atoms with Gasteiger partial charge in [-0.1, -0.05) is 17.7 Å². The molecular formula is C14H17ClN2O3. The summed E-state index contributed by atoms with van der Waals surface area (Å²) < 4.78 is 5.23. The fourth-order valence-electron chi connectivity index (χ4n) is 1.94. The molecule has 1 aliphatic heterocycles. The van der Waals surface area contributed by atoms with Crippen molar-refractivity contribution < 1.29 is 14.3 Å². The smallest absolute Gasteiger partial charge is 0.249 e. The monoisotopic (exact) mass is 296 g/mol. The van der Waals surface area contributed by atoms with Crippen LogP contribution in [0.2, 0.25) is 5.02 Å². The molecular weight excluding hydrogens is 280 g/mol. The van der Waals surface area contributed by atoms with Crippen LogP contribution >= 0.6 is 11.6 Å². The summed E-state index contributed by atoms with van der Waals surface area (Å²) in [5.41, 5.74) is 1.55. The molecule has 2 N–H and O–H groups in total. The average Bonchev–Trinajstić information content (AvgIpc) is 2.94. The van der Waals surface area contributed by atoms with Crippen LogP contribution in [-0.2, 0) is 14.3 Å². The van der Waals surface area contributed by atoms with E-state index in [-0.39, 0.29) is 18.4 Å². The normalized spacial score (nSPS) is 17.8. The van der Waals surface area contributed by atoms with Crippen LogP contribution in [0.1, 0.15) is 18.4 Å². The third-order valence-corrected chi connectivity index (χ3v) is 3.51. The largest absolute Gasteiger partial charge is 0.368 e. The highest BCUT2D eigenvalue weighted by molar-refractivity contribution is 6.31. The van der Waals surface area contributed by atoms with Crippen molar-refractivity contribution >= 4 is 29.1 Å². The van der Waals surface area contributed by atoms with Crippen LogP contribution in [0, 0.1) is 6.92 Å². The van der Waals surface area contributed by atoms with E-state index in [0.29, 0.717) is 23.7 Å². The van der Waals surface area contributed by atoms with E-state index in [2.05, 4.69) is 10.6 Å². The second-order valence-corrected chi connectivity index (χ2v) is 5.14. The molecule has 1 aliphatic rings. The maximum absolute atomic E-state index is 11.7. The number of ether oxygens (including phenoxy) is 1. The summed E-state index contributed by atoms with van der Waals surface area (Å²) in [5, 5.41) is 5.83. The van der Waals surface area contributed by atoms with E-state index in [0.717, 1.165) is 12.0 Å². The van der Waals surface area contributed by atoms with Gasteiger partial charge in [0.1, 0.15) is 6.10 Å². The third kappa shape index (κ3) is 3.95. The van der Waals surface area contributed by atoms with Crippen LogP contribution in [0.25, 0.3) is 0 Å². The summed E-state index contributed by atoms with van der Waals surface area (Å²) in [4.78, 5) is 23.4. The number of benzene rings is 1. The molecule has 5 nitrogen and oxygen atoms in total. The quantitative estimate of drug-likeness (QED) is 0.891. The predicted octanol–water partition coefficient (Wildman–Crippen LogP) is 1.88. The Balaban J connectivity index is 1.80. The van der Waals surface area contributed by atoms with E-state index in [1.54, 1.807) is 12.1 Å². The Bertz CT molecular complexity index is 513. The van der Waals surface area contributed by atoms with Gasteiger partial charge in [-0.2, -0.15) is 0 Å². The highest BCUT2D eigenvalue weighted by Crippen LogP contribution is 2.19. The first-order valence-corrected chi connectivity index (χ1v) is 6.89. The van der Waals surface area contributed by atoms with Crippen molar-refractivity contribution in [3.05, 3.63) is 28.8 Å². The van der Waals surface area contributed by atoms with Gasteiger partial charge < -0.3 is 15.4 Å². The second kappa shape index (κ2) is 6.72. The summed E-state index contributed by atoms with van der Waals surface area (Å²) in [6.45, 7) is 2.41. The Kier molecular flexibility index (Phi) is 4.98. The first kappa shape index (κ1) is 14.8. The van der Waals surface area contributed by atoms with Gasteiger partial charge in [0.05, 0.1) is 6.54 Å². The number of hydrogen-bond donors (Lipinski definition) is 2. The van der Waals surface area contributed by atoms with E-state index in [1.165, 1.54) is 0 Å². The van der Waals surface area contributed by atoms with Crippen LogP contribution in [0.5, 0.6) is 0 Å². The molecule has 1 atom stereocenters. The lowest BCUT2D eigenvalue weighted by Gasteiger charge is -2.11. The maximum atomic E-state index is 11.7. The van der Waals surface area contributed by atoms with Crippen LogP contribution in [0.3, 0.4) is 0 Å². The molecule has 2 amide bonds. The van der Waals surface area contributed by atoms with Crippen molar-refractivity contribution in [2.75, 3.05) is 18.5 Å². The number of halogens is 1. The van der Waals surface area contributed by atoms with Crippen molar-refractivity contribution in [3.63, 3.8) is 0 Å². The van der Waals surface area contributed by atoms with E-state index in [1.807, 2.05) is 13.0 Å². The van der Waals surface area contributed by atoms with Crippen molar-refractivity contribution in [3.8, 4) is 0 Å². The minimum absolute atomic E-state index is 0.0792. The van der Waals surface area contributed by atoms with Crippen molar-refractivity contribution in [1.82, 2.24) is 5.32 Å². The van der Waals surface area contributed by atoms with E-state index in [9.17, 15) is 9.59 Å². The van der Waals surface area contributed by atoms with Gasteiger partial charge in [-0.05, 0) is 37.5 Å². The average molecular weight is 297 g/mol. The fraction of sp³-hybridized carbons (Fsp3) is 0.429. The van der Waals surface area contributed by atoms with Gasteiger partial charge in [0, 0.05) is 17.3 Å². The van der Waals surface area contributed by atoms with Gasteiger partial charge in [0.2, 0.25) is 11.8 Å². The zero-order valence-electron chi connectivity index (χ0n) is 11.2. The van der Waals surface area contributed by atoms with Crippen molar-refractivity contribution in [2.45, 2.75) is 25.9 Å². The molecule has 1 saturated heterocycles. The molecule has 0 aliphatic carbocycles. The standard InChI is InChI=1S/C14H17ClN2O3/c1-9-4-5-10(7-11(9)15)17-13(18)8-16-14(19)12-3-2-6-20-12/h4-5,7,12H,2-3,6,8H2,1H3,(H,16,19)(H,17,18). The highest BCUT2D eigenvalue weighted by atomic mass is 35.5. The van der Waals surface area contributed by atoms with Gasteiger partial charge in [-0.25, -0.2) is 0 Å². The lowest BCUT2D eigenvalue weighted by Crippen LogP contribution is -2.39. The molecule has 1 fully saturated rings. The van der Waals surface area contributed by atoms with Gasteiger partial charge >= 0.3 is 0 Å². The number of hydrogen-bond acceptors (Lipinski definition) is 3. The van der Waals surface area contributed by atoms with E-state index >= 15 is 0 Å². The lowest BCUT2D eigenvalue weighted by atomic mass is 10.2. The summed E-state index contributed by atoms with van der Waals surface area (Å²) in [6, 6.07) is 5.26. The highest BCUT2D eigenvalue weighted by Gasteiger charge is 2.23. The molecule has 0 radical (unpaired) electrons. The Labute approximate surface area is 122 Å². The summed E-state index contributed by atoms with van der Waals surface area (Å²) in [5.74, 6) is -0.532. The minimum atomic E-state index is -0.420. The zero-order valence-corrected chi connectivity index (χ0v) is 12.0. The molecule has 1 heterocycles. The number of amides is 2. The van der Waals surface area contributed by atoms with E-state index in [4.69, 9.17) is 16.3 Å². The molecule has 1 unspecified atom stereocenters. The van der Waals surface area contributed by atoms with Crippen molar-refractivity contribution in [1.29, 1.82) is 0 Å². The first-order chi connectivity index (χ1) is 9.56. The number of aryl methyl sites for hydroxylation is 1. The molecule has 0 spiro atoms. The SMILES string of the molecule is Cc1ccc(NC(=O)CNC(=O)C2CCCO2)cc1Cl. The van der Waals surface area contributed by atoms with Gasteiger partial charge in [0.25, 0.3) is 0 Å². The summed E-state index contributed by atoms with van der Waals surface area (Å²) in [6.07, 6.45) is 1.17. The molecule has 6 heteroatoms. The van der Waals surface area contributed by atoms with Crippen LogP contribution in [0.4, 0.5) is 5.69 Å². The number of rotatable bonds is 4. The maximum Gasteiger partial charge on any atom is 0.249 e. The molecule has 2 rings (SSSR count). The molecule has 108 valence electrons. The number of nitrogens with one attached hydrogen (secondary N) is 2. The first-order valence-electron chi connectivity index (χ1n) is 6.51. The summed E-state index contributed by atoms with van der Waals surface area (Å²) >= 11 is 5.97. The third-order valence-electron chi connectivity index (χ3n) is 3.10. The molecule has 0 saturated carbocycles. The van der Waals surface area contributed by atoms with Crippen LogP contribution < -0.4 is 10.6 Å². The topological polar surface area (TPSA) is 67.4 Å². The zero-order chi connectivity index (χ0) is 14.5. The van der Waals surface area contributed by atoms with E-state index < -0.39 is 6.10 Å². The molecule has 0 aromatic heterocycles. The van der Waals surface area contributed by atoms with Gasteiger partial charge in [-0.15, -0.1) is 0 Å². The Morgan fingerprint density at radius 1 is 1.45 bits per heavy atom. The Morgan fingerprint density at radius 3 is 2.90 bits per heavy atom.